The van der Waals surface area contributed by atoms with Gasteiger partial charge < -0.3 is 0 Å². The predicted molar refractivity (Wildman–Crippen MR) is 89.0 cm³/mol. The lowest BCUT2D eigenvalue weighted by Gasteiger charge is -2.07. The molecule has 0 bridgehead atoms. The van der Waals surface area contributed by atoms with Gasteiger partial charge >= 0.3 is 5.69 Å². The van der Waals surface area contributed by atoms with Crippen LogP contribution in [-0.4, -0.2) is 15.6 Å². The van der Waals surface area contributed by atoms with Crippen molar-refractivity contribution in [2.45, 2.75) is 12.8 Å². The van der Waals surface area contributed by atoms with Crippen LogP contribution in [0.5, 0.6) is 0 Å². The van der Waals surface area contributed by atoms with Crippen molar-refractivity contribution in [2.24, 2.45) is 11.0 Å². The van der Waals surface area contributed by atoms with Gasteiger partial charge in [-0.1, -0.05) is 12.1 Å². The maximum Gasteiger partial charge on any atom is 0.301 e. The average Bonchev–Trinajstić information content (AvgIpc) is 3.41. The Morgan fingerprint density at radius 3 is 2.32 bits per heavy atom. The number of nitro groups is 2. The van der Waals surface area contributed by atoms with Gasteiger partial charge in [-0.05, 0) is 36.6 Å². The lowest BCUT2D eigenvalue weighted by molar-refractivity contribution is -0.393. The van der Waals surface area contributed by atoms with Crippen molar-refractivity contribution in [3.8, 4) is 0 Å². The molecule has 0 atom stereocenters. The van der Waals surface area contributed by atoms with E-state index in [1.54, 1.807) is 12.1 Å². The van der Waals surface area contributed by atoms with Crippen LogP contribution in [0, 0.1) is 32.0 Å². The van der Waals surface area contributed by atoms with Gasteiger partial charge in [-0.2, -0.15) is 5.10 Å². The SMILES string of the molecule is O=[N+]([O-])c1ccc(NN=C(c2ccc(F)cc2)C2CC2)c([N+](=O)[O-])c1. The molecule has 0 spiro atoms. The number of hydrogen-bond donors (Lipinski definition) is 1. The Labute approximate surface area is 141 Å². The highest BCUT2D eigenvalue weighted by Crippen LogP contribution is 2.34. The van der Waals surface area contributed by atoms with E-state index in [-0.39, 0.29) is 23.1 Å². The zero-order valence-corrected chi connectivity index (χ0v) is 12.9. The predicted octanol–water partition coefficient (Wildman–Crippen LogP) is 3.87. The number of nitrogens with one attached hydrogen (secondary N) is 1. The first-order valence-corrected chi connectivity index (χ1v) is 7.48. The molecular formula is C16H13FN4O4. The van der Waals surface area contributed by atoms with Gasteiger partial charge in [0.2, 0.25) is 0 Å². The van der Waals surface area contributed by atoms with Crippen molar-refractivity contribution >= 4 is 22.8 Å². The summed E-state index contributed by atoms with van der Waals surface area (Å²) in [5.74, 6) is -0.159. The minimum atomic E-state index is -0.709. The summed E-state index contributed by atoms with van der Waals surface area (Å²) in [5.41, 5.74) is 3.26. The van der Waals surface area contributed by atoms with Crippen LogP contribution in [0.1, 0.15) is 18.4 Å². The van der Waals surface area contributed by atoms with E-state index in [9.17, 15) is 24.6 Å². The molecule has 0 aliphatic heterocycles. The number of hydrogen-bond acceptors (Lipinski definition) is 6. The summed E-state index contributed by atoms with van der Waals surface area (Å²) in [5, 5.41) is 26.2. The number of benzene rings is 2. The summed E-state index contributed by atoms with van der Waals surface area (Å²) in [6, 6.07) is 9.13. The molecule has 0 amide bonds. The lowest BCUT2D eigenvalue weighted by atomic mass is 10.1. The zero-order valence-electron chi connectivity index (χ0n) is 12.9. The molecule has 0 saturated heterocycles. The fourth-order valence-electron chi connectivity index (χ4n) is 2.37. The van der Waals surface area contributed by atoms with E-state index in [1.165, 1.54) is 24.3 Å². The van der Waals surface area contributed by atoms with E-state index in [4.69, 9.17) is 0 Å². The van der Waals surface area contributed by atoms with Gasteiger partial charge in [0.15, 0.2) is 0 Å². The monoisotopic (exact) mass is 344 g/mol. The molecule has 0 aromatic heterocycles. The smallest absolute Gasteiger partial charge is 0.271 e. The molecular weight excluding hydrogens is 331 g/mol. The topological polar surface area (TPSA) is 111 Å². The van der Waals surface area contributed by atoms with Crippen LogP contribution in [-0.2, 0) is 0 Å². The summed E-state index contributed by atoms with van der Waals surface area (Å²) in [7, 11) is 0. The second kappa shape index (κ2) is 6.63. The maximum atomic E-state index is 13.1. The van der Waals surface area contributed by atoms with Crippen LogP contribution in [0.4, 0.5) is 21.5 Å². The Hall–Kier alpha value is -3.36. The van der Waals surface area contributed by atoms with E-state index < -0.39 is 15.5 Å². The number of nitrogens with zero attached hydrogens (tertiary/aromatic N) is 3. The molecule has 8 nitrogen and oxygen atoms in total. The minimum Gasteiger partial charge on any atom is -0.271 e. The van der Waals surface area contributed by atoms with E-state index in [1.807, 2.05) is 0 Å². The van der Waals surface area contributed by atoms with Gasteiger partial charge in [0.1, 0.15) is 11.5 Å². The first-order chi connectivity index (χ1) is 12.0. The summed E-state index contributed by atoms with van der Waals surface area (Å²) in [6.07, 6.45) is 1.86. The summed E-state index contributed by atoms with van der Waals surface area (Å²) in [6.45, 7) is 0. The zero-order chi connectivity index (χ0) is 18.0. The third-order valence-electron chi connectivity index (χ3n) is 3.79. The Morgan fingerprint density at radius 2 is 1.76 bits per heavy atom. The molecule has 3 rings (SSSR count). The van der Waals surface area contributed by atoms with Crippen LogP contribution in [0.25, 0.3) is 0 Å². The van der Waals surface area contributed by atoms with Crippen molar-refractivity contribution in [1.82, 2.24) is 0 Å². The van der Waals surface area contributed by atoms with Crippen molar-refractivity contribution in [1.29, 1.82) is 0 Å². The number of halogens is 1. The molecule has 0 heterocycles. The first-order valence-electron chi connectivity index (χ1n) is 7.48. The van der Waals surface area contributed by atoms with Crippen LogP contribution < -0.4 is 5.43 Å². The van der Waals surface area contributed by atoms with Gasteiger partial charge in [-0.3, -0.25) is 25.7 Å². The van der Waals surface area contributed by atoms with Gasteiger partial charge in [-0.15, -0.1) is 0 Å². The molecule has 0 unspecified atom stereocenters. The largest absolute Gasteiger partial charge is 0.301 e. The highest BCUT2D eigenvalue weighted by atomic mass is 19.1. The highest BCUT2D eigenvalue weighted by Gasteiger charge is 2.29. The van der Waals surface area contributed by atoms with Crippen molar-refractivity contribution in [3.05, 3.63) is 74.1 Å². The van der Waals surface area contributed by atoms with E-state index >= 15 is 0 Å². The third-order valence-corrected chi connectivity index (χ3v) is 3.79. The molecule has 1 N–H and O–H groups in total. The molecule has 1 saturated carbocycles. The molecule has 25 heavy (non-hydrogen) atoms. The lowest BCUT2D eigenvalue weighted by Crippen LogP contribution is -2.08. The van der Waals surface area contributed by atoms with E-state index in [0.717, 1.165) is 24.5 Å². The average molecular weight is 344 g/mol. The van der Waals surface area contributed by atoms with Crippen molar-refractivity contribution in [2.75, 3.05) is 5.43 Å². The number of nitro benzene ring substituents is 2. The number of non-ortho nitro benzene ring substituents is 1. The molecule has 1 fully saturated rings. The number of anilines is 1. The van der Waals surface area contributed by atoms with Gasteiger partial charge in [0.05, 0.1) is 21.6 Å². The quantitative estimate of drug-likeness (QED) is 0.486. The molecule has 1 aliphatic carbocycles. The van der Waals surface area contributed by atoms with E-state index in [0.29, 0.717) is 5.71 Å². The Kier molecular flexibility index (Phi) is 4.38. The normalized spacial score (nSPS) is 14.2. The maximum absolute atomic E-state index is 13.1. The van der Waals surface area contributed by atoms with Gasteiger partial charge in [-0.25, -0.2) is 4.39 Å². The van der Waals surface area contributed by atoms with Crippen LogP contribution in [0.2, 0.25) is 0 Å². The van der Waals surface area contributed by atoms with Gasteiger partial charge in [0, 0.05) is 12.0 Å². The van der Waals surface area contributed by atoms with Crippen LogP contribution >= 0.6 is 0 Å². The summed E-state index contributed by atoms with van der Waals surface area (Å²) >= 11 is 0. The molecule has 0 radical (unpaired) electrons. The molecule has 2 aromatic rings. The second-order valence-corrected chi connectivity index (χ2v) is 5.61. The van der Waals surface area contributed by atoms with Crippen LogP contribution in [0.15, 0.2) is 47.6 Å². The standard InChI is InChI=1S/C16H13FN4O4/c17-12-5-3-11(4-6-12)16(10-1-2-10)19-18-14-8-7-13(20(22)23)9-15(14)21(24)25/h3-10,18H,1-2H2. The molecule has 2 aromatic carbocycles. The van der Waals surface area contributed by atoms with Crippen molar-refractivity contribution < 1.29 is 14.2 Å². The summed E-state index contributed by atoms with van der Waals surface area (Å²) in [4.78, 5) is 20.5. The Bertz CT molecular complexity index is 863. The van der Waals surface area contributed by atoms with Gasteiger partial charge in [0.25, 0.3) is 5.69 Å². The molecule has 9 heteroatoms. The van der Waals surface area contributed by atoms with E-state index in [2.05, 4.69) is 10.5 Å². The van der Waals surface area contributed by atoms with Crippen molar-refractivity contribution in [3.63, 3.8) is 0 Å². The fraction of sp³-hybridized carbons (Fsp3) is 0.188. The summed E-state index contributed by atoms with van der Waals surface area (Å²) < 4.78 is 13.1. The Balaban J connectivity index is 1.92. The minimum absolute atomic E-state index is 0.0517. The fourth-order valence-corrected chi connectivity index (χ4v) is 2.37. The number of hydrazone groups is 1. The first kappa shape index (κ1) is 16.5. The third kappa shape index (κ3) is 3.77. The molecule has 1 aliphatic rings. The number of rotatable bonds is 6. The van der Waals surface area contributed by atoms with Crippen LogP contribution in [0.3, 0.4) is 0 Å². The second-order valence-electron chi connectivity index (χ2n) is 5.61. The highest BCUT2D eigenvalue weighted by molar-refractivity contribution is 6.04. The Morgan fingerprint density at radius 1 is 1.08 bits per heavy atom. The molecule has 128 valence electrons.